The van der Waals surface area contributed by atoms with Gasteiger partial charge < -0.3 is 5.32 Å². The molecular weight excluding hydrogens is 270 g/mol. The molecule has 0 unspecified atom stereocenters. The first-order valence-corrected chi connectivity index (χ1v) is 7.96. The second-order valence-corrected chi connectivity index (χ2v) is 5.94. The van der Waals surface area contributed by atoms with Gasteiger partial charge in [-0.1, -0.05) is 43.8 Å². The Morgan fingerprint density at radius 1 is 1.20 bits per heavy atom. The number of aromatic nitrogens is 4. The molecule has 2 aromatic rings. The number of tetrazole rings is 1. The van der Waals surface area contributed by atoms with Crippen molar-refractivity contribution in [1.82, 2.24) is 25.5 Å². The largest absolute Gasteiger partial charge is 0.315 e. The minimum Gasteiger partial charge on any atom is -0.315 e. The summed E-state index contributed by atoms with van der Waals surface area (Å²) in [6.45, 7) is 5.41. The van der Waals surface area contributed by atoms with Crippen LogP contribution in [0.3, 0.4) is 0 Å². The number of para-hydroxylation sites is 1. The number of hydrogen-bond donors (Lipinski definition) is 1. The van der Waals surface area contributed by atoms with Crippen molar-refractivity contribution in [3.8, 4) is 5.69 Å². The van der Waals surface area contributed by atoms with Gasteiger partial charge in [0.1, 0.15) is 0 Å². The smallest absolute Gasteiger partial charge is 0.214 e. The molecule has 108 valence electrons. The van der Waals surface area contributed by atoms with Crippen LogP contribution in [0.15, 0.2) is 35.5 Å². The maximum absolute atomic E-state index is 4.09. The van der Waals surface area contributed by atoms with Crippen LogP contribution in [0.2, 0.25) is 0 Å². The Kier molecular flexibility index (Phi) is 6.01. The Morgan fingerprint density at radius 2 is 2.00 bits per heavy atom. The van der Waals surface area contributed by atoms with Gasteiger partial charge in [0.25, 0.3) is 0 Å². The topological polar surface area (TPSA) is 55.6 Å². The maximum atomic E-state index is 4.09. The molecule has 1 heterocycles. The quantitative estimate of drug-likeness (QED) is 0.598. The first-order valence-electron chi connectivity index (χ1n) is 6.97. The number of unbranched alkanes of at least 4 members (excludes halogenated alkanes) is 1. The Bertz CT molecular complexity index is 497. The van der Waals surface area contributed by atoms with E-state index in [2.05, 4.69) is 34.7 Å². The van der Waals surface area contributed by atoms with Crippen molar-refractivity contribution in [3.63, 3.8) is 0 Å². The molecule has 1 N–H and O–H groups in total. The number of benzene rings is 1. The summed E-state index contributed by atoms with van der Waals surface area (Å²) in [6.07, 6.45) is 2.34. The van der Waals surface area contributed by atoms with Crippen LogP contribution in [0.25, 0.3) is 5.69 Å². The van der Waals surface area contributed by atoms with E-state index in [0.717, 1.165) is 29.6 Å². The SMILES string of the molecule is CC(C)NCCCCSc1nnnn1-c1ccccc1. The lowest BCUT2D eigenvalue weighted by Crippen LogP contribution is -2.23. The molecule has 0 saturated carbocycles. The summed E-state index contributed by atoms with van der Waals surface area (Å²) in [7, 11) is 0. The summed E-state index contributed by atoms with van der Waals surface area (Å²) in [6, 6.07) is 10.5. The summed E-state index contributed by atoms with van der Waals surface area (Å²) in [5.41, 5.74) is 1.00. The fourth-order valence-corrected chi connectivity index (χ4v) is 2.67. The van der Waals surface area contributed by atoms with Gasteiger partial charge in [-0.05, 0) is 41.9 Å². The molecular formula is C14H21N5S. The molecule has 0 aliphatic heterocycles. The third kappa shape index (κ3) is 4.61. The lowest BCUT2D eigenvalue weighted by atomic mass is 10.3. The number of thioether (sulfide) groups is 1. The Hall–Kier alpha value is -1.40. The van der Waals surface area contributed by atoms with Crippen molar-refractivity contribution in [1.29, 1.82) is 0 Å². The van der Waals surface area contributed by atoms with E-state index in [0.29, 0.717) is 6.04 Å². The highest BCUT2D eigenvalue weighted by atomic mass is 32.2. The van der Waals surface area contributed by atoms with Crippen molar-refractivity contribution in [2.75, 3.05) is 12.3 Å². The summed E-state index contributed by atoms with van der Waals surface area (Å²) in [4.78, 5) is 0. The second kappa shape index (κ2) is 8.01. The van der Waals surface area contributed by atoms with E-state index in [4.69, 9.17) is 0 Å². The molecule has 0 aliphatic rings. The van der Waals surface area contributed by atoms with Gasteiger partial charge in [0, 0.05) is 11.8 Å². The predicted molar refractivity (Wildman–Crippen MR) is 82.3 cm³/mol. The molecule has 0 atom stereocenters. The van der Waals surface area contributed by atoms with Crippen molar-refractivity contribution in [3.05, 3.63) is 30.3 Å². The molecule has 0 radical (unpaired) electrons. The van der Waals surface area contributed by atoms with Gasteiger partial charge >= 0.3 is 0 Å². The zero-order chi connectivity index (χ0) is 14.2. The number of rotatable bonds is 8. The Labute approximate surface area is 124 Å². The Morgan fingerprint density at radius 3 is 2.75 bits per heavy atom. The highest BCUT2D eigenvalue weighted by Gasteiger charge is 2.07. The minimum absolute atomic E-state index is 0.563. The van der Waals surface area contributed by atoms with E-state index in [1.165, 1.54) is 6.42 Å². The van der Waals surface area contributed by atoms with Crippen molar-refractivity contribution >= 4 is 11.8 Å². The fraction of sp³-hybridized carbons (Fsp3) is 0.500. The van der Waals surface area contributed by atoms with Crippen molar-refractivity contribution in [2.24, 2.45) is 0 Å². The molecule has 6 heteroatoms. The maximum Gasteiger partial charge on any atom is 0.214 e. The third-order valence-electron chi connectivity index (χ3n) is 2.80. The molecule has 1 aromatic heterocycles. The van der Waals surface area contributed by atoms with E-state index in [1.54, 1.807) is 16.4 Å². The van der Waals surface area contributed by atoms with E-state index < -0.39 is 0 Å². The lowest BCUT2D eigenvalue weighted by molar-refractivity contribution is 0.567. The predicted octanol–water partition coefficient (Wildman–Crippen LogP) is 2.53. The molecule has 0 amide bonds. The molecule has 0 saturated heterocycles. The summed E-state index contributed by atoms with van der Waals surface area (Å²) in [5.74, 6) is 1.03. The number of nitrogens with zero attached hydrogens (tertiary/aromatic N) is 4. The average molecular weight is 291 g/mol. The molecule has 0 fully saturated rings. The normalized spacial score (nSPS) is 11.2. The molecule has 20 heavy (non-hydrogen) atoms. The molecule has 0 aliphatic carbocycles. The van der Waals surface area contributed by atoms with Crippen LogP contribution in [0, 0.1) is 0 Å². The summed E-state index contributed by atoms with van der Waals surface area (Å²) >= 11 is 1.71. The average Bonchev–Trinajstić information content (AvgIpc) is 2.92. The zero-order valence-corrected chi connectivity index (χ0v) is 12.8. The summed E-state index contributed by atoms with van der Waals surface area (Å²) in [5, 5.41) is 16.2. The van der Waals surface area contributed by atoms with E-state index >= 15 is 0 Å². The molecule has 5 nitrogen and oxygen atoms in total. The van der Waals surface area contributed by atoms with Crippen molar-refractivity contribution < 1.29 is 0 Å². The number of nitrogens with one attached hydrogen (secondary N) is 1. The van der Waals surface area contributed by atoms with E-state index in [9.17, 15) is 0 Å². The molecule has 2 rings (SSSR count). The van der Waals surface area contributed by atoms with Gasteiger partial charge in [0.05, 0.1) is 5.69 Å². The van der Waals surface area contributed by atoms with Crippen LogP contribution in [0.1, 0.15) is 26.7 Å². The van der Waals surface area contributed by atoms with E-state index in [1.807, 2.05) is 30.3 Å². The highest BCUT2D eigenvalue weighted by molar-refractivity contribution is 7.99. The van der Waals surface area contributed by atoms with Crippen LogP contribution in [0.5, 0.6) is 0 Å². The van der Waals surface area contributed by atoms with E-state index in [-0.39, 0.29) is 0 Å². The van der Waals surface area contributed by atoms with Gasteiger partial charge in [-0.2, -0.15) is 4.68 Å². The van der Waals surface area contributed by atoms with Crippen LogP contribution in [-0.4, -0.2) is 38.5 Å². The second-order valence-electron chi connectivity index (χ2n) is 4.87. The lowest BCUT2D eigenvalue weighted by Gasteiger charge is -2.07. The van der Waals surface area contributed by atoms with Gasteiger partial charge in [0.15, 0.2) is 0 Å². The van der Waals surface area contributed by atoms with Crippen LogP contribution in [-0.2, 0) is 0 Å². The van der Waals surface area contributed by atoms with Crippen LogP contribution < -0.4 is 5.32 Å². The third-order valence-corrected chi connectivity index (χ3v) is 3.80. The van der Waals surface area contributed by atoms with Gasteiger partial charge in [-0.25, -0.2) is 0 Å². The minimum atomic E-state index is 0.563. The molecule has 1 aromatic carbocycles. The first kappa shape index (κ1) is 15.0. The number of hydrogen-bond acceptors (Lipinski definition) is 5. The first-order chi connectivity index (χ1) is 9.77. The molecule has 0 bridgehead atoms. The van der Waals surface area contributed by atoms with Crippen LogP contribution in [0.4, 0.5) is 0 Å². The van der Waals surface area contributed by atoms with Gasteiger partial charge in [-0.3, -0.25) is 0 Å². The zero-order valence-electron chi connectivity index (χ0n) is 12.0. The monoisotopic (exact) mass is 291 g/mol. The fourth-order valence-electron chi connectivity index (χ4n) is 1.78. The van der Waals surface area contributed by atoms with Crippen LogP contribution >= 0.6 is 11.8 Å². The molecule has 0 spiro atoms. The van der Waals surface area contributed by atoms with Gasteiger partial charge in [-0.15, -0.1) is 5.10 Å². The van der Waals surface area contributed by atoms with Crippen molar-refractivity contribution in [2.45, 2.75) is 37.9 Å². The highest BCUT2D eigenvalue weighted by Crippen LogP contribution is 2.18. The van der Waals surface area contributed by atoms with Gasteiger partial charge in [0.2, 0.25) is 5.16 Å². The standard InChI is InChI=1S/C14H21N5S/c1-12(2)15-10-6-7-11-20-14-16-17-18-19(14)13-8-4-3-5-9-13/h3-5,8-9,12,15H,6-7,10-11H2,1-2H3. The Balaban J connectivity index is 1.78. The summed E-state index contributed by atoms with van der Waals surface area (Å²) < 4.78 is 1.79.